The maximum atomic E-state index is 12.7. The number of aromatic hydroxyl groups is 1. The average Bonchev–Trinajstić information content (AvgIpc) is 2.68. The van der Waals surface area contributed by atoms with E-state index in [1.165, 1.54) is 0 Å². The highest BCUT2D eigenvalue weighted by atomic mass is 35.5. The average molecular weight is 408 g/mol. The molecule has 3 aromatic carbocycles. The van der Waals surface area contributed by atoms with Gasteiger partial charge in [0.05, 0.1) is 0 Å². The smallest absolute Gasteiger partial charge is 0.255 e. The second-order valence-corrected chi connectivity index (χ2v) is 7.85. The van der Waals surface area contributed by atoms with Crippen molar-refractivity contribution in [1.82, 2.24) is 0 Å². The van der Waals surface area contributed by atoms with Gasteiger partial charge in [0.1, 0.15) is 5.75 Å². The largest absolute Gasteiger partial charge is 0.508 e. The first kappa shape index (κ1) is 20.6. The standard InChI is InChI=1S/C24H22ClNO3/c1-15-13-18(24(2,3)17-7-10-20(27)11-8-17)9-12-21(15)23(29)26-19-6-4-5-16(14-19)22(25)28/h4-14,27H,1-3H3,(H,26,29). The highest BCUT2D eigenvalue weighted by molar-refractivity contribution is 6.67. The van der Waals surface area contributed by atoms with Gasteiger partial charge in [-0.15, -0.1) is 0 Å². The second-order valence-electron chi connectivity index (χ2n) is 7.51. The first-order valence-electron chi connectivity index (χ1n) is 9.20. The summed E-state index contributed by atoms with van der Waals surface area (Å²) in [7, 11) is 0. The van der Waals surface area contributed by atoms with Gasteiger partial charge in [0, 0.05) is 22.2 Å². The third-order valence-corrected chi connectivity index (χ3v) is 5.35. The van der Waals surface area contributed by atoms with E-state index in [-0.39, 0.29) is 17.1 Å². The molecule has 148 valence electrons. The van der Waals surface area contributed by atoms with Crippen LogP contribution in [-0.2, 0) is 5.41 Å². The van der Waals surface area contributed by atoms with Crippen LogP contribution in [0, 0.1) is 6.92 Å². The molecule has 0 saturated carbocycles. The highest BCUT2D eigenvalue weighted by Gasteiger charge is 2.24. The predicted octanol–water partition coefficient (Wildman–Crippen LogP) is 5.66. The van der Waals surface area contributed by atoms with E-state index in [1.54, 1.807) is 42.5 Å². The Morgan fingerprint density at radius 2 is 1.59 bits per heavy atom. The third kappa shape index (κ3) is 4.49. The highest BCUT2D eigenvalue weighted by Crippen LogP contribution is 2.33. The molecule has 0 fully saturated rings. The molecule has 0 aliphatic heterocycles. The fourth-order valence-corrected chi connectivity index (χ4v) is 3.39. The minimum absolute atomic E-state index is 0.229. The van der Waals surface area contributed by atoms with E-state index >= 15 is 0 Å². The normalized spacial score (nSPS) is 11.2. The van der Waals surface area contributed by atoms with Crippen LogP contribution < -0.4 is 5.32 Å². The van der Waals surface area contributed by atoms with E-state index in [1.807, 2.05) is 31.2 Å². The Balaban J connectivity index is 1.85. The van der Waals surface area contributed by atoms with Crippen molar-refractivity contribution < 1.29 is 14.7 Å². The Hall–Kier alpha value is -3.11. The van der Waals surface area contributed by atoms with Crippen LogP contribution in [0.5, 0.6) is 5.75 Å². The molecule has 0 aliphatic rings. The summed E-state index contributed by atoms with van der Waals surface area (Å²) in [5.74, 6) is -0.0247. The van der Waals surface area contributed by atoms with Crippen LogP contribution in [0.15, 0.2) is 66.7 Å². The van der Waals surface area contributed by atoms with Crippen LogP contribution in [0.1, 0.15) is 51.3 Å². The predicted molar refractivity (Wildman–Crippen MR) is 116 cm³/mol. The summed E-state index contributed by atoms with van der Waals surface area (Å²) in [6.45, 7) is 6.09. The van der Waals surface area contributed by atoms with Gasteiger partial charge >= 0.3 is 0 Å². The number of hydrogen-bond donors (Lipinski definition) is 2. The van der Waals surface area contributed by atoms with Crippen molar-refractivity contribution in [3.63, 3.8) is 0 Å². The zero-order valence-electron chi connectivity index (χ0n) is 16.5. The van der Waals surface area contributed by atoms with E-state index in [4.69, 9.17) is 11.6 Å². The van der Waals surface area contributed by atoms with E-state index in [9.17, 15) is 14.7 Å². The lowest BCUT2D eigenvalue weighted by atomic mass is 9.77. The molecule has 4 nitrogen and oxygen atoms in total. The molecule has 0 radical (unpaired) electrons. The van der Waals surface area contributed by atoms with Gasteiger partial charge in [-0.3, -0.25) is 9.59 Å². The molecule has 3 aromatic rings. The molecular formula is C24H22ClNO3. The Morgan fingerprint density at radius 1 is 0.931 bits per heavy atom. The zero-order chi connectivity index (χ0) is 21.2. The van der Waals surface area contributed by atoms with E-state index in [0.717, 1.165) is 16.7 Å². The summed E-state index contributed by atoms with van der Waals surface area (Å²) in [5.41, 5.74) is 4.07. The summed E-state index contributed by atoms with van der Waals surface area (Å²) >= 11 is 5.51. The number of carbonyl (C=O) groups is 2. The molecule has 5 heteroatoms. The van der Waals surface area contributed by atoms with Crippen molar-refractivity contribution >= 4 is 28.4 Å². The topological polar surface area (TPSA) is 66.4 Å². The summed E-state index contributed by atoms with van der Waals surface area (Å²) in [5, 5.41) is 11.8. The Labute approximate surface area is 175 Å². The SMILES string of the molecule is Cc1cc(C(C)(C)c2ccc(O)cc2)ccc1C(=O)Nc1cccc(C(=O)Cl)c1. The summed E-state index contributed by atoms with van der Waals surface area (Å²) in [6, 6.07) is 19.4. The van der Waals surface area contributed by atoms with Gasteiger partial charge in [-0.25, -0.2) is 0 Å². The number of anilines is 1. The minimum Gasteiger partial charge on any atom is -0.508 e. The summed E-state index contributed by atoms with van der Waals surface area (Å²) in [4.78, 5) is 24.0. The molecule has 3 rings (SSSR count). The van der Waals surface area contributed by atoms with Gasteiger partial charge in [-0.1, -0.05) is 44.2 Å². The van der Waals surface area contributed by atoms with E-state index in [2.05, 4.69) is 19.2 Å². The molecule has 0 saturated heterocycles. The molecule has 0 atom stereocenters. The fourth-order valence-electron chi connectivity index (χ4n) is 3.27. The lowest BCUT2D eigenvalue weighted by Gasteiger charge is -2.27. The van der Waals surface area contributed by atoms with Gasteiger partial charge in [0.2, 0.25) is 0 Å². The monoisotopic (exact) mass is 407 g/mol. The second kappa shape index (κ2) is 8.10. The molecule has 29 heavy (non-hydrogen) atoms. The Kier molecular flexibility index (Phi) is 5.76. The summed E-state index contributed by atoms with van der Waals surface area (Å²) < 4.78 is 0. The number of benzene rings is 3. The first-order valence-corrected chi connectivity index (χ1v) is 9.58. The minimum atomic E-state index is -0.571. The number of amides is 1. The lowest BCUT2D eigenvalue weighted by molar-refractivity contribution is 0.102. The molecular weight excluding hydrogens is 386 g/mol. The Bertz CT molecular complexity index is 1070. The van der Waals surface area contributed by atoms with Crippen LogP contribution in [0.25, 0.3) is 0 Å². The molecule has 0 heterocycles. The quantitative estimate of drug-likeness (QED) is 0.536. The number of halogens is 1. The van der Waals surface area contributed by atoms with Gasteiger partial charge in [0.25, 0.3) is 11.1 Å². The van der Waals surface area contributed by atoms with Crippen molar-refractivity contribution in [1.29, 1.82) is 0 Å². The Morgan fingerprint density at radius 3 is 2.21 bits per heavy atom. The van der Waals surface area contributed by atoms with E-state index in [0.29, 0.717) is 16.8 Å². The van der Waals surface area contributed by atoms with Gasteiger partial charge < -0.3 is 10.4 Å². The van der Waals surface area contributed by atoms with Crippen molar-refractivity contribution in [3.05, 3.63) is 94.5 Å². The maximum absolute atomic E-state index is 12.7. The number of phenols is 1. The van der Waals surface area contributed by atoms with Crippen molar-refractivity contribution in [3.8, 4) is 5.75 Å². The number of aryl methyl sites for hydroxylation is 1. The molecule has 0 bridgehead atoms. The fraction of sp³-hybridized carbons (Fsp3) is 0.167. The van der Waals surface area contributed by atoms with Crippen molar-refractivity contribution in [2.45, 2.75) is 26.2 Å². The summed E-state index contributed by atoms with van der Waals surface area (Å²) in [6.07, 6.45) is 0. The van der Waals surface area contributed by atoms with Gasteiger partial charge in [0.15, 0.2) is 0 Å². The number of hydrogen-bond acceptors (Lipinski definition) is 3. The van der Waals surface area contributed by atoms with Gasteiger partial charge in [-0.05, 0) is 71.6 Å². The van der Waals surface area contributed by atoms with Crippen LogP contribution in [0.4, 0.5) is 5.69 Å². The van der Waals surface area contributed by atoms with E-state index < -0.39 is 5.24 Å². The number of rotatable bonds is 5. The number of phenolic OH excluding ortho intramolecular Hbond substituents is 1. The molecule has 0 aliphatic carbocycles. The molecule has 2 N–H and O–H groups in total. The van der Waals surface area contributed by atoms with Gasteiger partial charge in [-0.2, -0.15) is 0 Å². The van der Waals surface area contributed by atoms with Crippen LogP contribution in [-0.4, -0.2) is 16.3 Å². The van der Waals surface area contributed by atoms with Crippen LogP contribution in [0.3, 0.4) is 0 Å². The van der Waals surface area contributed by atoms with Crippen LogP contribution in [0.2, 0.25) is 0 Å². The first-order chi connectivity index (χ1) is 13.7. The molecule has 0 spiro atoms. The zero-order valence-corrected chi connectivity index (χ0v) is 17.2. The molecule has 0 unspecified atom stereocenters. The van der Waals surface area contributed by atoms with Crippen LogP contribution >= 0.6 is 11.6 Å². The lowest BCUT2D eigenvalue weighted by Crippen LogP contribution is -2.20. The number of nitrogens with one attached hydrogen (secondary N) is 1. The molecule has 1 amide bonds. The third-order valence-electron chi connectivity index (χ3n) is 5.13. The maximum Gasteiger partial charge on any atom is 0.255 e. The number of carbonyl (C=O) groups excluding carboxylic acids is 2. The van der Waals surface area contributed by atoms with Crippen molar-refractivity contribution in [2.24, 2.45) is 0 Å². The molecule has 0 aromatic heterocycles. The van der Waals surface area contributed by atoms with Crippen molar-refractivity contribution in [2.75, 3.05) is 5.32 Å².